The van der Waals surface area contributed by atoms with Crippen molar-refractivity contribution in [3.05, 3.63) is 72.9 Å². The zero-order chi connectivity index (χ0) is 12.7. The summed E-state index contributed by atoms with van der Waals surface area (Å²) in [4.78, 5) is 4.41. The minimum atomic E-state index is 0.899. The first kappa shape index (κ1) is 12.9. The molecule has 0 fully saturated rings. The molecule has 1 aromatic carbocycles. The van der Waals surface area contributed by atoms with E-state index in [4.69, 9.17) is 0 Å². The molecule has 0 radical (unpaired) electrons. The minimum absolute atomic E-state index is 0.899. The van der Waals surface area contributed by atoms with Gasteiger partial charge in [-0.2, -0.15) is 0 Å². The fraction of sp³-hybridized carbons (Fsp3) is 0.0625. The molecule has 1 aromatic rings. The Morgan fingerprint density at radius 2 is 1.88 bits per heavy atom. The van der Waals surface area contributed by atoms with E-state index in [9.17, 15) is 0 Å². The molecule has 0 heterocycles. The third kappa shape index (κ3) is 3.15. The second-order valence-electron chi connectivity index (χ2n) is 3.54. The number of aliphatic imine (C=N–C) groups is 1. The summed E-state index contributed by atoms with van der Waals surface area (Å²) in [5, 5.41) is 0. The Hall–Kier alpha value is -2.15. The summed E-state index contributed by atoms with van der Waals surface area (Å²) < 4.78 is 0. The van der Waals surface area contributed by atoms with Crippen LogP contribution in [0.2, 0.25) is 0 Å². The summed E-state index contributed by atoms with van der Waals surface area (Å²) in [5.74, 6) is 0. The quantitative estimate of drug-likeness (QED) is 0.514. The Kier molecular flexibility index (Phi) is 4.89. The van der Waals surface area contributed by atoms with Crippen molar-refractivity contribution >= 4 is 18.0 Å². The monoisotopic (exact) mass is 223 g/mol. The molecule has 0 spiro atoms. The molecule has 86 valence electrons. The lowest BCUT2D eigenvalue weighted by atomic mass is 10.0. The van der Waals surface area contributed by atoms with Gasteiger partial charge in [0.05, 0.1) is 5.70 Å². The van der Waals surface area contributed by atoms with Gasteiger partial charge < -0.3 is 0 Å². The zero-order valence-corrected chi connectivity index (χ0v) is 10.2. The van der Waals surface area contributed by atoms with Gasteiger partial charge in [0.15, 0.2) is 0 Å². The summed E-state index contributed by atoms with van der Waals surface area (Å²) >= 11 is 0. The number of nitrogens with zero attached hydrogens (tertiary/aromatic N) is 1. The van der Waals surface area contributed by atoms with Gasteiger partial charge in [-0.3, -0.25) is 4.99 Å². The van der Waals surface area contributed by atoms with Crippen molar-refractivity contribution in [3.8, 4) is 0 Å². The Labute approximate surface area is 103 Å². The van der Waals surface area contributed by atoms with Gasteiger partial charge in [-0.15, -0.1) is 0 Å². The average Bonchev–Trinajstić information content (AvgIpc) is 2.39. The van der Waals surface area contributed by atoms with Gasteiger partial charge in [0, 0.05) is 11.8 Å². The van der Waals surface area contributed by atoms with Crippen LogP contribution in [-0.2, 0) is 0 Å². The van der Waals surface area contributed by atoms with Gasteiger partial charge in [-0.25, -0.2) is 0 Å². The predicted octanol–water partition coefficient (Wildman–Crippen LogP) is 4.50. The molecular formula is C16H17N. The van der Waals surface area contributed by atoms with E-state index < -0.39 is 0 Å². The Morgan fingerprint density at radius 1 is 1.18 bits per heavy atom. The minimum Gasteiger partial charge on any atom is -0.256 e. The molecule has 1 rings (SSSR count). The third-order valence-corrected chi connectivity index (χ3v) is 2.42. The molecule has 0 bridgehead atoms. The maximum absolute atomic E-state index is 4.41. The largest absolute Gasteiger partial charge is 0.256 e. The van der Waals surface area contributed by atoms with Crippen LogP contribution in [0.3, 0.4) is 0 Å². The highest BCUT2D eigenvalue weighted by Gasteiger charge is 2.05. The highest BCUT2D eigenvalue weighted by molar-refractivity contribution is 5.84. The number of rotatable bonds is 5. The molecule has 0 atom stereocenters. The standard InChI is InChI=1S/C16H17N/c1-5-12-17-16(13(4)6-2)15-11-9-8-10-14(15)7-3/h5-12H,1-3H2,4H3/b16-13+,17-12-. The van der Waals surface area contributed by atoms with Crippen LogP contribution >= 0.6 is 0 Å². The molecule has 0 aliphatic rings. The molecule has 1 heteroatoms. The molecule has 0 saturated carbocycles. The van der Waals surface area contributed by atoms with E-state index in [1.807, 2.05) is 37.3 Å². The fourth-order valence-corrected chi connectivity index (χ4v) is 1.50. The smallest absolute Gasteiger partial charge is 0.0736 e. The van der Waals surface area contributed by atoms with Crippen molar-refractivity contribution in [3.63, 3.8) is 0 Å². The maximum Gasteiger partial charge on any atom is 0.0736 e. The van der Waals surface area contributed by atoms with Crippen LogP contribution < -0.4 is 0 Å². The van der Waals surface area contributed by atoms with E-state index in [1.165, 1.54) is 0 Å². The number of allylic oxidation sites excluding steroid dienone is 3. The summed E-state index contributed by atoms with van der Waals surface area (Å²) in [6.07, 6.45) is 6.97. The van der Waals surface area contributed by atoms with Gasteiger partial charge in [-0.05, 0) is 18.1 Å². The van der Waals surface area contributed by atoms with Crippen molar-refractivity contribution in [2.75, 3.05) is 0 Å². The van der Waals surface area contributed by atoms with Crippen molar-refractivity contribution in [2.45, 2.75) is 6.92 Å². The van der Waals surface area contributed by atoms with E-state index >= 15 is 0 Å². The van der Waals surface area contributed by atoms with Crippen LogP contribution in [-0.4, -0.2) is 6.21 Å². The highest BCUT2D eigenvalue weighted by Crippen LogP contribution is 2.24. The normalized spacial score (nSPS) is 12.1. The molecule has 1 nitrogen and oxygen atoms in total. The second kappa shape index (κ2) is 6.44. The first-order valence-electron chi connectivity index (χ1n) is 5.44. The Bertz CT molecular complexity index is 490. The first-order chi connectivity index (χ1) is 8.24. The van der Waals surface area contributed by atoms with Gasteiger partial charge in [0.25, 0.3) is 0 Å². The fourth-order valence-electron chi connectivity index (χ4n) is 1.50. The van der Waals surface area contributed by atoms with Crippen LogP contribution in [0.4, 0.5) is 0 Å². The van der Waals surface area contributed by atoms with Crippen molar-refractivity contribution in [1.82, 2.24) is 0 Å². The highest BCUT2D eigenvalue weighted by atomic mass is 14.7. The molecule has 0 saturated heterocycles. The van der Waals surface area contributed by atoms with Crippen molar-refractivity contribution in [1.29, 1.82) is 0 Å². The molecular weight excluding hydrogens is 206 g/mol. The van der Waals surface area contributed by atoms with E-state index in [2.05, 4.69) is 24.7 Å². The van der Waals surface area contributed by atoms with Crippen molar-refractivity contribution in [2.24, 2.45) is 4.99 Å². The third-order valence-electron chi connectivity index (χ3n) is 2.42. The van der Waals surface area contributed by atoms with E-state index in [1.54, 1.807) is 18.4 Å². The SMILES string of the molecule is C=C/C=N\C(=C(/C)C=C)c1ccccc1C=C. The lowest BCUT2D eigenvalue weighted by Crippen LogP contribution is -1.89. The molecule has 0 unspecified atom stereocenters. The maximum atomic E-state index is 4.41. The zero-order valence-electron chi connectivity index (χ0n) is 10.2. The van der Waals surface area contributed by atoms with Gasteiger partial charge in [-0.1, -0.05) is 62.2 Å². The van der Waals surface area contributed by atoms with Gasteiger partial charge in [0.1, 0.15) is 0 Å². The Morgan fingerprint density at radius 3 is 2.47 bits per heavy atom. The number of benzene rings is 1. The number of hydrogen-bond acceptors (Lipinski definition) is 1. The van der Waals surface area contributed by atoms with Crippen LogP contribution in [0.25, 0.3) is 11.8 Å². The molecule has 0 N–H and O–H groups in total. The van der Waals surface area contributed by atoms with Crippen LogP contribution in [0.5, 0.6) is 0 Å². The van der Waals surface area contributed by atoms with Crippen molar-refractivity contribution < 1.29 is 0 Å². The molecule has 0 aliphatic carbocycles. The average molecular weight is 223 g/mol. The van der Waals surface area contributed by atoms with E-state index in [0.717, 1.165) is 22.4 Å². The lowest BCUT2D eigenvalue weighted by molar-refractivity contribution is 1.41. The summed E-state index contributed by atoms with van der Waals surface area (Å²) in [7, 11) is 0. The summed E-state index contributed by atoms with van der Waals surface area (Å²) in [6.45, 7) is 13.2. The van der Waals surface area contributed by atoms with Crippen LogP contribution in [0.15, 0.2) is 66.7 Å². The predicted molar refractivity (Wildman–Crippen MR) is 78.0 cm³/mol. The Balaban J connectivity index is 3.42. The molecule has 17 heavy (non-hydrogen) atoms. The number of hydrogen-bond donors (Lipinski definition) is 0. The van der Waals surface area contributed by atoms with Crippen LogP contribution in [0, 0.1) is 0 Å². The van der Waals surface area contributed by atoms with E-state index in [0.29, 0.717) is 0 Å². The summed E-state index contributed by atoms with van der Waals surface area (Å²) in [6, 6.07) is 8.02. The van der Waals surface area contributed by atoms with Gasteiger partial charge >= 0.3 is 0 Å². The van der Waals surface area contributed by atoms with E-state index in [-0.39, 0.29) is 0 Å². The summed E-state index contributed by atoms with van der Waals surface area (Å²) in [5.41, 5.74) is 4.04. The topological polar surface area (TPSA) is 12.4 Å². The first-order valence-corrected chi connectivity index (χ1v) is 5.44. The van der Waals surface area contributed by atoms with Crippen LogP contribution in [0.1, 0.15) is 18.1 Å². The molecule has 0 amide bonds. The van der Waals surface area contributed by atoms with Gasteiger partial charge in [0.2, 0.25) is 0 Å². The molecule has 0 aliphatic heterocycles. The lowest BCUT2D eigenvalue weighted by Gasteiger charge is -2.08. The second-order valence-corrected chi connectivity index (χ2v) is 3.54. The molecule has 0 aromatic heterocycles.